The summed E-state index contributed by atoms with van der Waals surface area (Å²) in [5.41, 5.74) is 6.89. The van der Waals surface area contributed by atoms with Crippen LogP contribution in [0.25, 0.3) is 11.2 Å². The Balaban J connectivity index is 0.000000445. The lowest BCUT2D eigenvalue weighted by atomic mass is 10.0. The van der Waals surface area contributed by atoms with Gasteiger partial charge in [-0.15, -0.1) is 0 Å². The summed E-state index contributed by atoms with van der Waals surface area (Å²) in [7, 11) is 0. The number of ether oxygens (including phenoxy) is 4. The SMILES string of the molecule is C=C(OCC)C(CCn1cnc2cnc(N)nc21)C(=O)OCC.CCOC(=O)CC(=O)OCC. The first-order valence-electron chi connectivity index (χ1n) is 11.0. The molecule has 2 aromatic heterocycles. The zero-order valence-corrected chi connectivity index (χ0v) is 20.1. The lowest BCUT2D eigenvalue weighted by Crippen LogP contribution is -2.22. The van der Waals surface area contributed by atoms with Crippen LogP contribution in [0.1, 0.15) is 40.5 Å². The molecule has 34 heavy (non-hydrogen) atoms. The molecule has 0 saturated heterocycles. The summed E-state index contributed by atoms with van der Waals surface area (Å²) in [5.74, 6) is -1.36. The summed E-state index contributed by atoms with van der Waals surface area (Å²) in [6.45, 7) is 12.7. The van der Waals surface area contributed by atoms with Crippen LogP contribution in [-0.4, -0.2) is 63.9 Å². The van der Waals surface area contributed by atoms with E-state index in [1.54, 1.807) is 33.3 Å². The molecular formula is C22H33N5O7. The average Bonchev–Trinajstić information content (AvgIpc) is 3.17. The van der Waals surface area contributed by atoms with Crippen molar-refractivity contribution in [2.24, 2.45) is 5.92 Å². The molecule has 2 rings (SSSR count). The summed E-state index contributed by atoms with van der Waals surface area (Å²) >= 11 is 0. The fourth-order valence-corrected chi connectivity index (χ4v) is 2.78. The first kappa shape index (κ1) is 28.3. The van der Waals surface area contributed by atoms with Gasteiger partial charge in [-0.2, -0.15) is 4.98 Å². The van der Waals surface area contributed by atoms with E-state index in [9.17, 15) is 14.4 Å². The molecule has 0 spiro atoms. The normalized spacial score (nSPS) is 11.1. The third-order valence-electron chi connectivity index (χ3n) is 4.22. The van der Waals surface area contributed by atoms with Crippen molar-refractivity contribution in [3.8, 4) is 0 Å². The molecule has 2 heterocycles. The van der Waals surface area contributed by atoms with Gasteiger partial charge in [-0.05, 0) is 34.1 Å². The van der Waals surface area contributed by atoms with Crippen molar-refractivity contribution in [1.29, 1.82) is 0 Å². The van der Waals surface area contributed by atoms with Crippen molar-refractivity contribution < 1.29 is 33.3 Å². The maximum Gasteiger partial charge on any atom is 0.317 e. The van der Waals surface area contributed by atoms with Crippen molar-refractivity contribution >= 4 is 35.0 Å². The van der Waals surface area contributed by atoms with Gasteiger partial charge in [0.05, 0.1) is 39.0 Å². The van der Waals surface area contributed by atoms with E-state index in [0.29, 0.717) is 43.1 Å². The molecule has 12 nitrogen and oxygen atoms in total. The fourth-order valence-electron chi connectivity index (χ4n) is 2.78. The van der Waals surface area contributed by atoms with Crippen LogP contribution in [-0.2, 0) is 39.9 Å². The lowest BCUT2D eigenvalue weighted by molar-refractivity contribution is -0.154. The molecule has 1 unspecified atom stereocenters. The number of hydrogen-bond donors (Lipinski definition) is 1. The number of anilines is 1. The number of aromatic nitrogens is 4. The van der Waals surface area contributed by atoms with Gasteiger partial charge in [0.15, 0.2) is 5.65 Å². The Kier molecular flexibility index (Phi) is 12.7. The summed E-state index contributed by atoms with van der Waals surface area (Å²) in [5, 5.41) is 0. The molecule has 0 amide bonds. The Morgan fingerprint density at radius 2 is 1.56 bits per heavy atom. The highest BCUT2D eigenvalue weighted by atomic mass is 16.6. The molecule has 0 bridgehead atoms. The number of nitrogen functional groups attached to an aromatic ring is 1. The minimum absolute atomic E-state index is 0.180. The van der Waals surface area contributed by atoms with E-state index >= 15 is 0 Å². The molecule has 0 aliphatic carbocycles. The van der Waals surface area contributed by atoms with Gasteiger partial charge < -0.3 is 29.2 Å². The first-order valence-corrected chi connectivity index (χ1v) is 11.0. The predicted molar refractivity (Wildman–Crippen MR) is 123 cm³/mol. The first-order chi connectivity index (χ1) is 16.3. The monoisotopic (exact) mass is 479 g/mol. The largest absolute Gasteiger partial charge is 0.498 e. The van der Waals surface area contributed by atoms with Crippen LogP contribution in [0.5, 0.6) is 0 Å². The molecule has 12 heteroatoms. The second kappa shape index (κ2) is 15.2. The van der Waals surface area contributed by atoms with E-state index in [1.165, 1.54) is 0 Å². The molecule has 0 radical (unpaired) electrons. The minimum atomic E-state index is -0.536. The number of aryl methyl sites for hydroxylation is 1. The summed E-state index contributed by atoms with van der Waals surface area (Å²) in [6.07, 6.45) is 3.38. The highest BCUT2D eigenvalue weighted by molar-refractivity contribution is 5.91. The standard InChI is InChI=1S/C15H21N5O3.C7H12O4/c1-4-22-10(3)11(14(21)23-5-2)6-7-20-9-18-12-8-17-15(16)19-13(12)20;1-3-10-6(8)5-7(9)11-4-2/h8-9,11H,3-7H2,1-2H3,(H2,16,17,19);3-5H2,1-2H3. The molecule has 0 aromatic carbocycles. The van der Waals surface area contributed by atoms with E-state index in [4.69, 9.17) is 15.2 Å². The van der Waals surface area contributed by atoms with E-state index in [2.05, 4.69) is 31.0 Å². The Morgan fingerprint density at radius 1 is 0.971 bits per heavy atom. The zero-order chi connectivity index (χ0) is 25.5. The van der Waals surface area contributed by atoms with Crippen molar-refractivity contribution in [1.82, 2.24) is 19.5 Å². The summed E-state index contributed by atoms with van der Waals surface area (Å²) in [6, 6.07) is 0. The molecule has 0 fully saturated rings. The summed E-state index contributed by atoms with van der Waals surface area (Å²) in [4.78, 5) is 45.6. The van der Waals surface area contributed by atoms with Crippen molar-refractivity contribution in [2.45, 2.75) is 47.1 Å². The Morgan fingerprint density at radius 3 is 2.12 bits per heavy atom. The van der Waals surface area contributed by atoms with E-state index in [0.717, 1.165) is 0 Å². The number of nitrogens with zero attached hydrogens (tertiary/aromatic N) is 4. The molecule has 188 valence electrons. The van der Waals surface area contributed by atoms with Gasteiger partial charge in [0.2, 0.25) is 5.95 Å². The molecule has 0 aliphatic rings. The van der Waals surface area contributed by atoms with Gasteiger partial charge in [0.1, 0.15) is 23.6 Å². The van der Waals surface area contributed by atoms with Gasteiger partial charge in [0.25, 0.3) is 0 Å². The van der Waals surface area contributed by atoms with Crippen LogP contribution in [0, 0.1) is 5.92 Å². The Bertz CT molecular complexity index is 926. The van der Waals surface area contributed by atoms with E-state index < -0.39 is 17.9 Å². The number of esters is 3. The maximum atomic E-state index is 12.1. The van der Waals surface area contributed by atoms with E-state index in [1.807, 2.05) is 11.5 Å². The second-order valence-electron chi connectivity index (χ2n) is 6.65. The summed E-state index contributed by atoms with van der Waals surface area (Å²) < 4.78 is 21.3. The van der Waals surface area contributed by atoms with Crippen LogP contribution in [0.15, 0.2) is 24.9 Å². The molecule has 1 atom stereocenters. The van der Waals surface area contributed by atoms with Crippen LogP contribution in [0.3, 0.4) is 0 Å². The van der Waals surface area contributed by atoms with Gasteiger partial charge in [-0.25, -0.2) is 9.97 Å². The third kappa shape index (κ3) is 9.43. The Hall–Kier alpha value is -3.70. The van der Waals surface area contributed by atoms with Crippen molar-refractivity contribution in [3.05, 3.63) is 24.9 Å². The second-order valence-corrected chi connectivity index (χ2v) is 6.65. The fraction of sp³-hybridized carbons (Fsp3) is 0.545. The third-order valence-corrected chi connectivity index (χ3v) is 4.22. The topological polar surface area (TPSA) is 158 Å². The van der Waals surface area contributed by atoms with Gasteiger partial charge in [0, 0.05) is 6.54 Å². The van der Waals surface area contributed by atoms with Crippen LogP contribution in [0.2, 0.25) is 0 Å². The van der Waals surface area contributed by atoms with Gasteiger partial charge in [-0.1, -0.05) is 6.58 Å². The van der Waals surface area contributed by atoms with E-state index in [-0.39, 0.29) is 31.6 Å². The number of fused-ring (bicyclic) bond motifs is 1. The van der Waals surface area contributed by atoms with Gasteiger partial charge >= 0.3 is 17.9 Å². The molecule has 0 saturated carbocycles. The number of nitrogens with two attached hydrogens (primary N) is 1. The number of rotatable bonds is 12. The van der Waals surface area contributed by atoms with Crippen LogP contribution < -0.4 is 5.73 Å². The highest BCUT2D eigenvalue weighted by Crippen LogP contribution is 2.20. The quantitative estimate of drug-likeness (QED) is 0.205. The zero-order valence-electron chi connectivity index (χ0n) is 20.1. The van der Waals surface area contributed by atoms with Gasteiger partial charge in [-0.3, -0.25) is 14.4 Å². The highest BCUT2D eigenvalue weighted by Gasteiger charge is 2.24. The molecular weight excluding hydrogens is 446 g/mol. The Labute approximate surface area is 198 Å². The predicted octanol–water partition coefficient (Wildman–Crippen LogP) is 2.03. The smallest absolute Gasteiger partial charge is 0.317 e. The van der Waals surface area contributed by atoms with Crippen molar-refractivity contribution in [3.63, 3.8) is 0 Å². The maximum absolute atomic E-state index is 12.1. The number of hydrogen-bond acceptors (Lipinski definition) is 11. The molecule has 0 aliphatic heterocycles. The number of carbonyl (C=O) groups excluding carboxylic acids is 3. The molecule has 2 aromatic rings. The number of imidazole rings is 1. The van der Waals surface area contributed by atoms with Crippen LogP contribution in [0.4, 0.5) is 5.95 Å². The minimum Gasteiger partial charge on any atom is -0.498 e. The number of carbonyl (C=O) groups is 3. The lowest BCUT2D eigenvalue weighted by Gasteiger charge is -2.18. The molecule has 2 N–H and O–H groups in total. The average molecular weight is 480 g/mol. The van der Waals surface area contributed by atoms with Crippen molar-refractivity contribution in [2.75, 3.05) is 32.2 Å². The van der Waals surface area contributed by atoms with Crippen LogP contribution >= 0.6 is 0 Å².